The normalized spacial score (nSPS) is 15.0. The second kappa shape index (κ2) is 25.6. The summed E-state index contributed by atoms with van der Waals surface area (Å²) in [5, 5.41) is 0. The van der Waals surface area contributed by atoms with Crippen molar-refractivity contribution in [2.45, 2.75) is 0 Å². The van der Waals surface area contributed by atoms with E-state index in [2.05, 4.69) is 31.2 Å². The predicted molar refractivity (Wildman–Crippen MR) is 208 cm³/mol. The molecule has 0 N–H and O–H groups in total. The topological polar surface area (TPSA) is 25.9 Å². The van der Waals surface area contributed by atoms with E-state index >= 15 is 0 Å². The van der Waals surface area contributed by atoms with Crippen molar-refractivity contribution in [2.75, 3.05) is 0 Å². The Morgan fingerprint density at radius 3 is 0.679 bits per heavy atom. The van der Waals surface area contributed by atoms with Crippen molar-refractivity contribution in [2.24, 2.45) is 0 Å². The molecule has 0 atom stereocenters. The fourth-order valence-electron chi connectivity index (χ4n) is 2.34. The van der Waals surface area contributed by atoms with Gasteiger partial charge in [-0.3, -0.25) is 0 Å². The minimum absolute atomic E-state index is 0. The summed E-state index contributed by atoms with van der Waals surface area (Å²) in [4.78, 5) is 0. The van der Waals surface area contributed by atoms with Crippen molar-refractivity contribution in [3.8, 4) is 0 Å². The zero-order valence-corrected chi connectivity index (χ0v) is 56.2. The van der Waals surface area contributed by atoms with Crippen molar-refractivity contribution in [1.82, 2.24) is 31.2 Å². The lowest BCUT2D eigenvalue weighted by molar-refractivity contribution is 0.871. The first-order valence-electron chi connectivity index (χ1n) is 9.42. The molecule has 0 saturated heterocycles. The van der Waals surface area contributed by atoms with Gasteiger partial charge in [0, 0.05) is 0 Å². The van der Waals surface area contributed by atoms with Crippen LogP contribution in [0.4, 0.5) is 0 Å². The number of rotatable bonds is 10. The largest absolute Gasteiger partial charge is 0.390 e. The summed E-state index contributed by atoms with van der Waals surface area (Å²) in [7, 11) is 19.2. The van der Waals surface area contributed by atoms with Gasteiger partial charge in [-0.05, 0) is 11.0 Å². The van der Waals surface area contributed by atoms with Gasteiger partial charge in [0.15, 0.2) is 0 Å². The third-order valence-corrected chi connectivity index (χ3v) is 22.5. The Hall–Kier alpha value is 4.02. The van der Waals surface area contributed by atoms with Crippen LogP contribution in [0.1, 0.15) is 0 Å². The van der Waals surface area contributed by atoms with Gasteiger partial charge < -0.3 is 31.2 Å². The maximum atomic E-state index is 3.00. The molecule has 0 saturated carbocycles. The van der Waals surface area contributed by atoms with E-state index in [1.54, 1.807) is 0 Å². The Morgan fingerprint density at radius 2 is 0.536 bits per heavy atom. The Kier molecular flexibility index (Phi) is 35.9. The minimum atomic E-state index is 0. The van der Waals surface area contributed by atoms with Crippen LogP contribution in [0.25, 0.3) is 0 Å². The van der Waals surface area contributed by atoms with E-state index in [1.165, 1.54) is 146 Å². The van der Waals surface area contributed by atoms with Crippen LogP contribution in [0.2, 0.25) is 0 Å². The highest BCUT2D eigenvalue weighted by Gasteiger charge is 2.08. The van der Waals surface area contributed by atoms with Gasteiger partial charge in [-0.25, -0.2) is 0 Å². The Bertz CT molecular complexity index is 257. The summed E-state index contributed by atoms with van der Waals surface area (Å²) in [6, 6.07) is 0. The maximum Gasteiger partial charge on any atom is 0.146 e. The van der Waals surface area contributed by atoms with Crippen LogP contribution in [-0.4, -0.2) is 237 Å². The standard InChI is InChI=1S/H24N4Si9.H19N3Si7.H9NSi3.H4Si/c5-1(6)11-4(12-2(7)8)13-3(9)10;4-1(5)9-3(8)10-2(6)7;2-1(3)4;/h11-13H2,5-10H3;9-10H2,4-8H3;2-4H3;1H4. The lowest BCUT2D eigenvalue weighted by Crippen LogP contribution is -2.52. The van der Waals surface area contributed by atoms with Crippen molar-refractivity contribution in [1.29, 1.82) is 0 Å². The molecule has 0 spiro atoms. The molecular formula is H56N8Si20. The summed E-state index contributed by atoms with van der Waals surface area (Å²) in [6.45, 7) is 0. The highest BCUT2D eigenvalue weighted by molar-refractivity contribution is 6.73. The van der Waals surface area contributed by atoms with Crippen LogP contribution >= 0.6 is 0 Å². The van der Waals surface area contributed by atoms with Crippen molar-refractivity contribution in [3.05, 3.63) is 0 Å². The fourth-order valence-corrected chi connectivity index (χ4v) is 60.1. The van der Waals surface area contributed by atoms with Gasteiger partial charge in [-0.1, -0.05) is 0 Å². The molecule has 0 bridgehead atoms. The third-order valence-electron chi connectivity index (χ3n) is 2.50. The average Bonchev–Trinajstić information content (AvgIpc) is 2.33. The van der Waals surface area contributed by atoms with E-state index in [1.807, 2.05) is 0 Å². The Morgan fingerprint density at radius 1 is 0.357 bits per heavy atom. The molecular weight excluding hydrogens is 674 g/mol. The van der Waals surface area contributed by atoms with Gasteiger partial charge in [-0.15, -0.1) is 0 Å². The summed E-state index contributed by atoms with van der Waals surface area (Å²) < 4.78 is 21.8. The van der Waals surface area contributed by atoms with Crippen molar-refractivity contribution in [3.63, 3.8) is 0 Å². The van der Waals surface area contributed by atoms with Gasteiger partial charge >= 0.3 is 0 Å². The minimum Gasteiger partial charge on any atom is -0.390 e. The van der Waals surface area contributed by atoms with E-state index in [9.17, 15) is 0 Å². The van der Waals surface area contributed by atoms with E-state index in [0.717, 1.165) is 0 Å². The Labute approximate surface area is 234 Å². The fraction of sp³-hybridized carbons (Fsp3) is 0. The average molecular weight is 730 g/mol. The lowest BCUT2D eigenvalue weighted by atomic mass is 13.7. The first-order chi connectivity index (χ1) is 12.2. The number of hydrogen-bond donors (Lipinski definition) is 0. The molecule has 0 amide bonds. The lowest BCUT2D eigenvalue weighted by Gasteiger charge is -2.31. The molecule has 28 heteroatoms. The first-order valence-corrected chi connectivity index (χ1v) is 28.3. The van der Waals surface area contributed by atoms with Crippen LogP contribution in [0.5, 0.6) is 0 Å². The zero-order chi connectivity index (χ0) is 22.2. The Balaban J connectivity index is -0.000000171. The van der Waals surface area contributed by atoms with Gasteiger partial charge in [0.1, 0.15) is 49.2 Å². The van der Waals surface area contributed by atoms with Gasteiger partial charge in [0.05, 0.1) is 146 Å². The molecule has 0 aromatic carbocycles. The van der Waals surface area contributed by atoms with Crippen LogP contribution in [0.15, 0.2) is 0 Å². The molecule has 28 heavy (non-hydrogen) atoms. The second-order valence-corrected chi connectivity index (χ2v) is 76.5. The predicted octanol–water partition coefficient (Wildman–Crippen LogP) is -25.2. The zero-order valence-electron chi connectivity index (χ0n) is 21.1. The summed E-state index contributed by atoms with van der Waals surface area (Å²) >= 11 is 0. The number of nitrogens with zero attached hydrogens (tertiary/aromatic N) is 8. The monoisotopic (exact) mass is 728 g/mol. The quantitative estimate of drug-likeness (QED) is 0.205. The molecule has 8 nitrogen and oxygen atoms in total. The van der Waals surface area contributed by atoms with Gasteiger partial charge in [0.25, 0.3) is 0 Å². The molecule has 0 unspecified atom stereocenters. The molecule has 0 aliphatic rings. The van der Waals surface area contributed by atoms with Crippen molar-refractivity contribution < 1.29 is 0 Å². The van der Waals surface area contributed by atoms with E-state index in [-0.39, 0.29) is 60.2 Å². The van der Waals surface area contributed by atoms with E-state index < -0.39 is 0 Å². The van der Waals surface area contributed by atoms with Crippen LogP contribution in [0.3, 0.4) is 0 Å². The van der Waals surface area contributed by atoms with Crippen LogP contribution in [-0.2, 0) is 0 Å². The first kappa shape index (κ1) is 39.2. The van der Waals surface area contributed by atoms with Crippen molar-refractivity contribution >= 4 is 206 Å². The summed E-state index contributed by atoms with van der Waals surface area (Å²) in [5.74, 6) is 0. The highest BCUT2D eigenvalue weighted by atomic mass is 28.4. The number of hydrogen-bond acceptors (Lipinski definition) is 8. The van der Waals surface area contributed by atoms with Crippen LogP contribution in [0, 0.1) is 0 Å². The molecule has 0 heterocycles. The molecule has 0 fully saturated rings. The second-order valence-electron chi connectivity index (χ2n) is 8.97. The molecule has 0 aromatic heterocycles. The third kappa shape index (κ3) is 43.8. The highest BCUT2D eigenvalue weighted by Crippen LogP contribution is 1.83. The molecule has 0 aliphatic heterocycles. The summed E-state index contributed by atoms with van der Waals surface area (Å²) in [5.41, 5.74) is 0. The van der Waals surface area contributed by atoms with Gasteiger partial charge in [-0.2, -0.15) is 0 Å². The summed E-state index contributed by atoms with van der Waals surface area (Å²) in [6.07, 6.45) is 0. The van der Waals surface area contributed by atoms with Gasteiger partial charge in [0.2, 0.25) is 0 Å². The smallest absolute Gasteiger partial charge is 0.146 e. The van der Waals surface area contributed by atoms with Crippen LogP contribution < -0.4 is 0 Å². The molecule has 0 radical (unpaired) electrons. The molecule has 0 aliphatic carbocycles. The molecule has 0 rings (SSSR count). The maximum absolute atomic E-state index is 3.00. The van der Waals surface area contributed by atoms with E-state index in [4.69, 9.17) is 0 Å². The van der Waals surface area contributed by atoms with E-state index in [0.29, 0.717) is 0 Å². The molecule has 0 aromatic rings. The molecule has 176 valence electrons. The SMILES string of the molecule is [SiH3]N([SiH3])[SiH2]N([SiH2]N([SiH3])[SiH3])[SiH2]N([SiH3])[SiH3].[SiH3]N([SiH3])[SiH2]N([SiH3])[SiH2]N([SiH3])[SiH3].[SiH3]N([SiH3])[SiH3].[SiH4].